The van der Waals surface area contributed by atoms with E-state index in [4.69, 9.17) is 4.74 Å². The number of methoxy groups -OCH3 is 1. The van der Waals surface area contributed by atoms with Gasteiger partial charge in [0, 0.05) is 18.0 Å². The zero-order valence-corrected chi connectivity index (χ0v) is 12.2. The van der Waals surface area contributed by atoms with Crippen LogP contribution in [0.15, 0.2) is 48.5 Å². The van der Waals surface area contributed by atoms with E-state index in [1.807, 2.05) is 31.2 Å². The lowest BCUT2D eigenvalue weighted by atomic mass is 10.00. The topological polar surface area (TPSA) is 58.6 Å². The molecule has 0 aliphatic heterocycles. The molecule has 0 aliphatic carbocycles. The highest BCUT2D eigenvalue weighted by Crippen LogP contribution is 2.25. The second-order valence-electron chi connectivity index (χ2n) is 4.90. The lowest BCUT2D eigenvalue weighted by Gasteiger charge is -2.16. The van der Waals surface area contributed by atoms with Crippen LogP contribution in [0.3, 0.4) is 0 Å². The number of ether oxygens (including phenoxy) is 1. The van der Waals surface area contributed by atoms with Crippen molar-refractivity contribution in [3.8, 4) is 11.5 Å². The Morgan fingerprint density at radius 1 is 1.24 bits per heavy atom. The summed E-state index contributed by atoms with van der Waals surface area (Å²) in [6.07, 6.45) is 0. The van der Waals surface area contributed by atoms with E-state index in [1.165, 1.54) is 12.1 Å². The summed E-state index contributed by atoms with van der Waals surface area (Å²) in [4.78, 5) is 12.0. The number of benzene rings is 2. The number of aromatic hydroxyl groups is 1. The zero-order valence-electron chi connectivity index (χ0n) is 12.2. The highest BCUT2D eigenvalue weighted by molar-refractivity contribution is 5.94. The first-order chi connectivity index (χ1) is 10.1. The number of para-hydroxylation sites is 1. The Morgan fingerprint density at radius 3 is 2.71 bits per heavy atom. The van der Waals surface area contributed by atoms with Crippen molar-refractivity contribution in [2.24, 2.45) is 0 Å². The molecule has 21 heavy (non-hydrogen) atoms. The van der Waals surface area contributed by atoms with Crippen LogP contribution < -0.4 is 10.1 Å². The van der Waals surface area contributed by atoms with Crippen LogP contribution in [0.2, 0.25) is 0 Å². The third kappa shape index (κ3) is 3.75. The first kappa shape index (κ1) is 14.9. The molecule has 1 amide bonds. The number of carbonyl (C=O) groups excluding carboxylic acids is 1. The normalized spacial score (nSPS) is 11.7. The molecule has 0 saturated carbocycles. The molecule has 2 aromatic rings. The number of hydrogen-bond donors (Lipinski definition) is 2. The Hall–Kier alpha value is -2.49. The molecule has 0 fully saturated rings. The summed E-state index contributed by atoms with van der Waals surface area (Å²) in [5.74, 6) is 0.826. The van der Waals surface area contributed by atoms with Gasteiger partial charge in [0.25, 0.3) is 5.91 Å². The first-order valence-electron chi connectivity index (χ1n) is 6.82. The maximum absolute atomic E-state index is 12.0. The lowest BCUT2D eigenvalue weighted by molar-refractivity contribution is 0.0951. The maximum Gasteiger partial charge on any atom is 0.251 e. The molecule has 0 heterocycles. The Bertz CT molecular complexity index is 625. The summed E-state index contributed by atoms with van der Waals surface area (Å²) in [5.41, 5.74) is 1.50. The van der Waals surface area contributed by atoms with Gasteiger partial charge in [-0.3, -0.25) is 4.79 Å². The van der Waals surface area contributed by atoms with Gasteiger partial charge in [0.2, 0.25) is 0 Å². The van der Waals surface area contributed by atoms with Gasteiger partial charge in [0.15, 0.2) is 0 Å². The number of hydrogen-bond acceptors (Lipinski definition) is 3. The number of phenolic OH excluding ortho intramolecular Hbond substituents is 1. The van der Waals surface area contributed by atoms with E-state index in [0.29, 0.717) is 12.1 Å². The third-order valence-corrected chi connectivity index (χ3v) is 3.35. The van der Waals surface area contributed by atoms with Gasteiger partial charge in [-0.15, -0.1) is 0 Å². The van der Waals surface area contributed by atoms with E-state index in [1.54, 1.807) is 19.2 Å². The third-order valence-electron chi connectivity index (χ3n) is 3.35. The summed E-state index contributed by atoms with van der Waals surface area (Å²) in [6, 6.07) is 14.1. The lowest BCUT2D eigenvalue weighted by Crippen LogP contribution is -2.27. The van der Waals surface area contributed by atoms with Crippen molar-refractivity contribution in [3.63, 3.8) is 0 Å². The van der Waals surface area contributed by atoms with Gasteiger partial charge in [0.05, 0.1) is 7.11 Å². The molecule has 0 bridgehead atoms. The van der Waals surface area contributed by atoms with Crippen LogP contribution >= 0.6 is 0 Å². The minimum Gasteiger partial charge on any atom is -0.508 e. The molecule has 0 radical (unpaired) electrons. The minimum absolute atomic E-state index is 0.0837. The standard InChI is InChI=1S/C17H19NO3/c1-12(15-8-3-4-9-16(15)21-2)11-18-17(20)13-6-5-7-14(19)10-13/h3-10,12,19H,11H2,1-2H3,(H,18,20). The SMILES string of the molecule is COc1ccccc1C(C)CNC(=O)c1cccc(O)c1. The van der Waals surface area contributed by atoms with Gasteiger partial charge in [-0.1, -0.05) is 31.2 Å². The van der Waals surface area contributed by atoms with Crippen molar-refractivity contribution in [2.45, 2.75) is 12.8 Å². The first-order valence-corrected chi connectivity index (χ1v) is 6.82. The Kier molecular flexibility index (Phi) is 4.82. The van der Waals surface area contributed by atoms with Crippen molar-refractivity contribution in [1.82, 2.24) is 5.32 Å². The largest absolute Gasteiger partial charge is 0.508 e. The zero-order chi connectivity index (χ0) is 15.2. The van der Waals surface area contributed by atoms with Crippen LogP contribution in [-0.2, 0) is 0 Å². The van der Waals surface area contributed by atoms with Crippen LogP contribution in [0.25, 0.3) is 0 Å². The fourth-order valence-corrected chi connectivity index (χ4v) is 2.18. The van der Waals surface area contributed by atoms with E-state index in [9.17, 15) is 9.90 Å². The molecule has 2 rings (SSSR count). The summed E-state index contributed by atoms with van der Waals surface area (Å²) in [7, 11) is 1.64. The van der Waals surface area contributed by atoms with Crippen LogP contribution in [0.4, 0.5) is 0 Å². The fourth-order valence-electron chi connectivity index (χ4n) is 2.18. The Labute approximate surface area is 124 Å². The predicted octanol–water partition coefficient (Wildman–Crippen LogP) is 2.93. The molecule has 4 nitrogen and oxygen atoms in total. The average Bonchev–Trinajstić information content (AvgIpc) is 2.52. The van der Waals surface area contributed by atoms with E-state index < -0.39 is 0 Å². The van der Waals surface area contributed by atoms with E-state index >= 15 is 0 Å². The van der Waals surface area contributed by atoms with E-state index in [0.717, 1.165) is 11.3 Å². The van der Waals surface area contributed by atoms with Crippen molar-refractivity contribution in [1.29, 1.82) is 0 Å². The molecule has 4 heteroatoms. The van der Waals surface area contributed by atoms with Gasteiger partial charge >= 0.3 is 0 Å². The van der Waals surface area contributed by atoms with Crippen LogP contribution in [-0.4, -0.2) is 24.7 Å². The molecule has 1 unspecified atom stereocenters. The smallest absolute Gasteiger partial charge is 0.251 e. The predicted molar refractivity (Wildman–Crippen MR) is 81.8 cm³/mol. The Morgan fingerprint density at radius 2 is 2.00 bits per heavy atom. The van der Waals surface area contributed by atoms with Crippen molar-refractivity contribution in [3.05, 3.63) is 59.7 Å². The molecule has 1 atom stereocenters. The summed E-state index contributed by atoms with van der Waals surface area (Å²) < 4.78 is 5.33. The van der Waals surface area contributed by atoms with Crippen LogP contribution in [0, 0.1) is 0 Å². The summed E-state index contributed by atoms with van der Waals surface area (Å²) >= 11 is 0. The monoisotopic (exact) mass is 285 g/mol. The molecular formula is C17H19NO3. The highest BCUT2D eigenvalue weighted by Gasteiger charge is 2.13. The summed E-state index contributed by atoms with van der Waals surface area (Å²) in [6.45, 7) is 2.52. The molecule has 0 aromatic heterocycles. The molecule has 110 valence electrons. The number of phenols is 1. The van der Waals surface area contributed by atoms with Crippen LogP contribution in [0.1, 0.15) is 28.8 Å². The van der Waals surface area contributed by atoms with Gasteiger partial charge in [-0.25, -0.2) is 0 Å². The second-order valence-corrected chi connectivity index (χ2v) is 4.90. The maximum atomic E-state index is 12.0. The molecule has 0 saturated heterocycles. The number of rotatable bonds is 5. The number of carbonyl (C=O) groups is 1. The van der Waals surface area contributed by atoms with Crippen molar-refractivity contribution < 1.29 is 14.6 Å². The van der Waals surface area contributed by atoms with Gasteiger partial charge in [0.1, 0.15) is 11.5 Å². The molecule has 0 aliphatic rings. The quantitative estimate of drug-likeness (QED) is 0.888. The van der Waals surface area contributed by atoms with Gasteiger partial charge < -0.3 is 15.2 Å². The van der Waals surface area contributed by atoms with E-state index in [-0.39, 0.29) is 17.6 Å². The fraction of sp³-hybridized carbons (Fsp3) is 0.235. The highest BCUT2D eigenvalue weighted by atomic mass is 16.5. The van der Waals surface area contributed by atoms with Gasteiger partial charge in [-0.2, -0.15) is 0 Å². The second kappa shape index (κ2) is 6.79. The summed E-state index contributed by atoms with van der Waals surface area (Å²) in [5, 5.41) is 12.3. The minimum atomic E-state index is -0.201. The molecule has 0 spiro atoms. The molecular weight excluding hydrogens is 266 g/mol. The van der Waals surface area contributed by atoms with Crippen molar-refractivity contribution >= 4 is 5.91 Å². The van der Waals surface area contributed by atoms with Crippen molar-refractivity contribution in [2.75, 3.05) is 13.7 Å². The van der Waals surface area contributed by atoms with Crippen LogP contribution in [0.5, 0.6) is 11.5 Å². The average molecular weight is 285 g/mol. The number of nitrogens with one attached hydrogen (secondary N) is 1. The Balaban J connectivity index is 2.01. The van der Waals surface area contributed by atoms with E-state index in [2.05, 4.69) is 5.32 Å². The molecule has 2 N–H and O–H groups in total. The number of amides is 1. The van der Waals surface area contributed by atoms with Gasteiger partial charge in [-0.05, 0) is 29.8 Å². The molecule has 2 aromatic carbocycles.